The molecule has 3 heteroatoms. The van der Waals surface area contributed by atoms with Crippen molar-refractivity contribution in [2.24, 2.45) is 0 Å². The highest BCUT2D eigenvalue weighted by atomic mass is 79.9. The molecule has 0 heterocycles. The first kappa shape index (κ1) is 12.5. The summed E-state index contributed by atoms with van der Waals surface area (Å²) in [4.78, 5) is 0. The number of benzene rings is 2. The third kappa shape index (κ3) is 3.48. The lowest BCUT2D eigenvalue weighted by Gasteiger charge is -2.09. The van der Waals surface area contributed by atoms with Crippen LogP contribution in [0.15, 0.2) is 53.0 Å². The first-order valence-corrected chi connectivity index (χ1v) is 6.63. The van der Waals surface area contributed by atoms with Gasteiger partial charge in [-0.3, -0.25) is 0 Å². The van der Waals surface area contributed by atoms with Gasteiger partial charge < -0.3 is 4.74 Å². The van der Waals surface area contributed by atoms with Crippen molar-refractivity contribution in [1.82, 2.24) is 0 Å². The maximum absolute atomic E-state index is 5.76. The Morgan fingerprint density at radius 3 is 2.41 bits per heavy atom. The molecule has 0 spiro atoms. The minimum atomic E-state index is 0.511. The van der Waals surface area contributed by atoms with Gasteiger partial charge in [-0.1, -0.05) is 36.4 Å². The number of rotatable bonds is 4. The van der Waals surface area contributed by atoms with Gasteiger partial charge >= 0.3 is 0 Å². The monoisotopic (exact) mass is 310 g/mol. The molecule has 88 valence electrons. The van der Waals surface area contributed by atoms with E-state index in [9.17, 15) is 0 Å². The van der Waals surface area contributed by atoms with Crippen LogP contribution >= 0.6 is 27.5 Å². The zero-order valence-corrected chi connectivity index (χ0v) is 11.5. The number of ether oxygens (including phenoxy) is 1. The van der Waals surface area contributed by atoms with E-state index in [1.807, 2.05) is 48.5 Å². The fourth-order valence-corrected chi connectivity index (χ4v) is 2.19. The second-order valence-corrected chi connectivity index (χ2v) is 4.79. The van der Waals surface area contributed by atoms with E-state index in [2.05, 4.69) is 15.9 Å². The summed E-state index contributed by atoms with van der Waals surface area (Å²) < 4.78 is 6.67. The third-order valence-electron chi connectivity index (χ3n) is 2.39. The van der Waals surface area contributed by atoms with Crippen molar-refractivity contribution in [1.29, 1.82) is 0 Å². The van der Waals surface area contributed by atoms with Gasteiger partial charge in [-0.15, -0.1) is 11.6 Å². The highest BCUT2D eigenvalue weighted by Crippen LogP contribution is 2.27. The highest BCUT2D eigenvalue weighted by molar-refractivity contribution is 9.10. The number of hydrogen-bond donors (Lipinski definition) is 0. The van der Waals surface area contributed by atoms with E-state index >= 15 is 0 Å². The molecule has 0 radical (unpaired) electrons. The predicted molar refractivity (Wildman–Crippen MR) is 74.5 cm³/mol. The molecule has 0 saturated heterocycles. The molecule has 2 aromatic carbocycles. The fourth-order valence-electron chi connectivity index (χ4n) is 1.48. The van der Waals surface area contributed by atoms with E-state index in [0.29, 0.717) is 12.5 Å². The molecule has 1 nitrogen and oxygen atoms in total. The molecular weight excluding hydrogens is 300 g/mol. The van der Waals surface area contributed by atoms with Gasteiger partial charge in [-0.25, -0.2) is 0 Å². The van der Waals surface area contributed by atoms with Crippen LogP contribution in [-0.4, -0.2) is 0 Å². The number of alkyl halides is 1. The molecule has 0 unspecified atom stereocenters. The summed E-state index contributed by atoms with van der Waals surface area (Å²) >= 11 is 9.24. The molecule has 0 aliphatic carbocycles. The van der Waals surface area contributed by atoms with E-state index in [-0.39, 0.29) is 0 Å². The number of hydrogen-bond acceptors (Lipinski definition) is 1. The Labute approximate surface area is 115 Å². The Morgan fingerprint density at radius 1 is 1.00 bits per heavy atom. The van der Waals surface area contributed by atoms with Crippen molar-refractivity contribution < 1.29 is 4.74 Å². The fraction of sp³-hybridized carbons (Fsp3) is 0.143. The van der Waals surface area contributed by atoms with Crippen LogP contribution in [-0.2, 0) is 12.5 Å². The molecule has 0 atom stereocenters. The molecule has 0 aliphatic heterocycles. The molecule has 0 N–H and O–H groups in total. The summed E-state index contributed by atoms with van der Waals surface area (Å²) in [5, 5.41) is 0. The van der Waals surface area contributed by atoms with Gasteiger partial charge in [0.15, 0.2) is 0 Å². The lowest BCUT2D eigenvalue weighted by atomic mass is 10.2. The topological polar surface area (TPSA) is 9.23 Å². The minimum absolute atomic E-state index is 0.511. The normalized spacial score (nSPS) is 10.2. The molecule has 0 amide bonds. The lowest BCUT2D eigenvalue weighted by Crippen LogP contribution is -1.96. The molecule has 17 heavy (non-hydrogen) atoms. The van der Waals surface area contributed by atoms with Gasteiger partial charge in [-0.05, 0) is 39.2 Å². The molecule has 0 bridgehead atoms. The first-order chi connectivity index (χ1) is 8.29. The van der Waals surface area contributed by atoms with Crippen LogP contribution in [0.3, 0.4) is 0 Å². The quantitative estimate of drug-likeness (QED) is 0.739. The zero-order chi connectivity index (χ0) is 12.1. The zero-order valence-electron chi connectivity index (χ0n) is 9.20. The lowest BCUT2D eigenvalue weighted by molar-refractivity contribution is 0.304. The van der Waals surface area contributed by atoms with Gasteiger partial charge in [-0.2, -0.15) is 0 Å². The van der Waals surface area contributed by atoms with E-state index in [1.54, 1.807) is 0 Å². The van der Waals surface area contributed by atoms with Crippen molar-refractivity contribution >= 4 is 27.5 Å². The number of halogens is 2. The standard InChI is InChI=1S/C14H12BrClO/c15-13-8-12(9-16)6-7-14(13)17-10-11-4-2-1-3-5-11/h1-8H,9-10H2. The van der Waals surface area contributed by atoms with Gasteiger partial charge in [0.2, 0.25) is 0 Å². The van der Waals surface area contributed by atoms with Crippen LogP contribution in [0.1, 0.15) is 11.1 Å². The molecule has 0 fully saturated rings. The maximum Gasteiger partial charge on any atom is 0.134 e. The largest absolute Gasteiger partial charge is 0.488 e. The van der Waals surface area contributed by atoms with Gasteiger partial charge in [0, 0.05) is 5.88 Å². The molecule has 2 rings (SSSR count). The summed E-state index contributed by atoms with van der Waals surface area (Å²) in [5.74, 6) is 1.35. The smallest absolute Gasteiger partial charge is 0.134 e. The summed E-state index contributed by atoms with van der Waals surface area (Å²) in [6.07, 6.45) is 0. The van der Waals surface area contributed by atoms with Crippen LogP contribution in [0.5, 0.6) is 5.75 Å². The Hall–Kier alpha value is -0.990. The van der Waals surface area contributed by atoms with Crippen LogP contribution < -0.4 is 4.74 Å². The minimum Gasteiger partial charge on any atom is -0.488 e. The van der Waals surface area contributed by atoms with Crippen molar-refractivity contribution in [3.8, 4) is 5.75 Å². The van der Waals surface area contributed by atoms with Crippen molar-refractivity contribution in [3.63, 3.8) is 0 Å². The highest BCUT2D eigenvalue weighted by Gasteiger charge is 2.02. The SMILES string of the molecule is ClCc1ccc(OCc2ccccc2)c(Br)c1. The molecular formula is C14H12BrClO. The Kier molecular flexibility index (Phi) is 4.46. The van der Waals surface area contributed by atoms with Crippen molar-refractivity contribution in [3.05, 3.63) is 64.1 Å². The average molecular weight is 312 g/mol. The van der Waals surface area contributed by atoms with E-state index in [4.69, 9.17) is 16.3 Å². The Bertz CT molecular complexity index is 485. The average Bonchev–Trinajstić information content (AvgIpc) is 2.38. The predicted octanol–water partition coefficient (Wildman–Crippen LogP) is 4.77. The van der Waals surface area contributed by atoms with Gasteiger partial charge in [0.1, 0.15) is 12.4 Å². The van der Waals surface area contributed by atoms with E-state index < -0.39 is 0 Å². The van der Waals surface area contributed by atoms with E-state index in [0.717, 1.165) is 21.3 Å². The van der Waals surface area contributed by atoms with Gasteiger partial charge in [0.05, 0.1) is 4.47 Å². The van der Waals surface area contributed by atoms with Crippen molar-refractivity contribution in [2.75, 3.05) is 0 Å². The summed E-state index contributed by atoms with van der Waals surface area (Å²) in [5.41, 5.74) is 2.23. The second-order valence-electron chi connectivity index (χ2n) is 3.67. The molecule has 2 aromatic rings. The van der Waals surface area contributed by atoms with Crippen LogP contribution in [0.4, 0.5) is 0 Å². The van der Waals surface area contributed by atoms with Crippen LogP contribution in [0.2, 0.25) is 0 Å². The second kappa shape index (κ2) is 6.08. The molecule has 0 aromatic heterocycles. The summed E-state index contributed by atoms with van der Waals surface area (Å²) in [6.45, 7) is 0.569. The van der Waals surface area contributed by atoms with E-state index in [1.165, 1.54) is 0 Å². The Balaban J connectivity index is 2.04. The molecule has 0 aliphatic rings. The van der Waals surface area contributed by atoms with Crippen molar-refractivity contribution in [2.45, 2.75) is 12.5 Å². The summed E-state index contributed by atoms with van der Waals surface area (Å²) in [7, 11) is 0. The van der Waals surface area contributed by atoms with Gasteiger partial charge in [0.25, 0.3) is 0 Å². The third-order valence-corrected chi connectivity index (χ3v) is 3.32. The summed E-state index contributed by atoms with van der Waals surface area (Å²) in [6, 6.07) is 16.0. The molecule has 0 saturated carbocycles. The van der Waals surface area contributed by atoms with Crippen LogP contribution in [0.25, 0.3) is 0 Å². The Morgan fingerprint density at radius 2 is 1.76 bits per heavy atom. The first-order valence-electron chi connectivity index (χ1n) is 5.30. The maximum atomic E-state index is 5.76. The van der Waals surface area contributed by atoms with Crippen LogP contribution in [0, 0.1) is 0 Å².